The molecule has 1 heterocycles. The van der Waals surface area contributed by atoms with Crippen molar-refractivity contribution >= 4 is 17.0 Å². The maximum Gasteiger partial charge on any atom is 0.0898 e. The maximum absolute atomic E-state index is 4.54. The maximum atomic E-state index is 4.54. The van der Waals surface area contributed by atoms with Gasteiger partial charge in [-0.25, -0.2) is 4.98 Å². The van der Waals surface area contributed by atoms with Gasteiger partial charge in [0.05, 0.1) is 16.7 Å². The Morgan fingerprint density at radius 2 is 2.11 bits per heavy atom. The molecule has 1 unspecified atom stereocenters. The number of fused-ring (bicyclic) bond motifs is 1. The minimum atomic E-state index is 0.273. The van der Waals surface area contributed by atoms with Crippen LogP contribution in [0.15, 0.2) is 23.6 Å². The van der Waals surface area contributed by atoms with Gasteiger partial charge in [0.25, 0.3) is 0 Å². The van der Waals surface area contributed by atoms with Crippen molar-refractivity contribution in [2.75, 3.05) is 5.32 Å². The molecule has 3 rings (SSSR count). The van der Waals surface area contributed by atoms with E-state index in [0.717, 1.165) is 10.7 Å². The fraction of sp³-hybridized carbons (Fsp3) is 0.400. The van der Waals surface area contributed by atoms with Crippen LogP contribution in [0.3, 0.4) is 0 Å². The Balaban J connectivity index is 1.76. The Morgan fingerprint density at radius 1 is 1.28 bits per heavy atom. The molecule has 0 spiro atoms. The highest BCUT2D eigenvalue weighted by atomic mass is 32.1. The van der Waals surface area contributed by atoms with E-state index in [1.54, 1.807) is 11.3 Å². The van der Waals surface area contributed by atoms with Crippen molar-refractivity contribution in [2.45, 2.75) is 39.2 Å². The van der Waals surface area contributed by atoms with Gasteiger partial charge in [-0.15, -0.1) is 11.3 Å². The molecule has 1 aromatic heterocycles. The minimum absolute atomic E-state index is 0.273. The van der Waals surface area contributed by atoms with Crippen LogP contribution in [0.4, 0.5) is 5.69 Å². The van der Waals surface area contributed by atoms with Gasteiger partial charge in [0, 0.05) is 11.1 Å². The standard InChI is InChI=1S/C15H18N2S/c1-10(15-9-18-11(2)17-15)16-14-7-6-12-4-3-5-13(12)8-14/h6-10,16H,3-5H2,1-2H3. The second kappa shape index (κ2) is 4.73. The van der Waals surface area contributed by atoms with Crippen molar-refractivity contribution in [3.8, 4) is 0 Å². The third-order valence-electron chi connectivity index (χ3n) is 3.56. The predicted octanol–water partition coefficient (Wildman–Crippen LogP) is 4.11. The van der Waals surface area contributed by atoms with Crippen LogP contribution in [-0.2, 0) is 12.8 Å². The molecule has 1 atom stereocenters. The van der Waals surface area contributed by atoms with Gasteiger partial charge < -0.3 is 5.32 Å². The van der Waals surface area contributed by atoms with E-state index < -0.39 is 0 Å². The van der Waals surface area contributed by atoms with Gasteiger partial charge in [-0.2, -0.15) is 0 Å². The molecule has 1 N–H and O–H groups in total. The van der Waals surface area contributed by atoms with Crippen molar-refractivity contribution < 1.29 is 0 Å². The summed E-state index contributed by atoms with van der Waals surface area (Å²) in [6.07, 6.45) is 3.78. The number of aromatic nitrogens is 1. The van der Waals surface area contributed by atoms with Crippen molar-refractivity contribution in [1.82, 2.24) is 4.98 Å². The fourth-order valence-electron chi connectivity index (χ4n) is 2.56. The van der Waals surface area contributed by atoms with Crippen LogP contribution in [0, 0.1) is 6.92 Å². The summed E-state index contributed by atoms with van der Waals surface area (Å²) in [5.41, 5.74) is 5.39. The number of anilines is 1. The molecule has 0 saturated carbocycles. The fourth-order valence-corrected chi connectivity index (χ4v) is 3.27. The molecule has 0 fully saturated rings. The van der Waals surface area contributed by atoms with Gasteiger partial charge in [-0.05, 0) is 56.4 Å². The molecule has 2 aromatic rings. The molecule has 94 valence electrons. The lowest BCUT2D eigenvalue weighted by atomic mass is 10.1. The van der Waals surface area contributed by atoms with Gasteiger partial charge in [0.1, 0.15) is 0 Å². The lowest BCUT2D eigenvalue weighted by molar-refractivity contribution is 0.845. The Bertz CT molecular complexity index is 559. The summed E-state index contributed by atoms with van der Waals surface area (Å²) >= 11 is 1.71. The monoisotopic (exact) mass is 258 g/mol. The van der Waals surface area contributed by atoms with Gasteiger partial charge in [0.15, 0.2) is 0 Å². The molecule has 0 radical (unpaired) electrons. The summed E-state index contributed by atoms with van der Waals surface area (Å²) in [4.78, 5) is 4.54. The van der Waals surface area contributed by atoms with Crippen molar-refractivity contribution in [2.24, 2.45) is 0 Å². The van der Waals surface area contributed by atoms with Crippen molar-refractivity contribution in [1.29, 1.82) is 0 Å². The average Bonchev–Trinajstić information content (AvgIpc) is 2.96. The molecule has 1 aromatic carbocycles. The van der Waals surface area contributed by atoms with Crippen LogP contribution in [0.1, 0.15) is 41.2 Å². The van der Waals surface area contributed by atoms with E-state index in [1.165, 1.54) is 36.1 Å². The summed E-state index contributed by atoms with van der Waals surface area (Å²) < 4.78 is 0. The number of thiazole rings is 1. The number of hydrogen-bond donors (Lipinski definition) is 1. The van der Waals surface area contributed by atoms with Crippen LogP contribution < -0.4 is 5.32 Å². The minimum Gasteiger partial charge on any atom is -0.377 e. The Kier molecular flexibility index (Phi) is 3.08. The lowest BCUT2D eigenvalue weighted by Gasteiger charge is -2.14. The van der Waals surface area contributed by atoms with Gasteiger partial charge in [-0.3, -0.25) is 0 Å². The SMILES string of the molecule is Cc1nc(C(C)Nc2ccc3c(c2)CCC3)cs1. The Morgan fingerprint density at radius 3 is 2.89 bits per heavy atom. The van der Waals surface area contributed by atoms with Gasteiger partial charge >= 0.3 is 0 Å². The summed E-state index contributed by atoms with van der Waals surface area (Å²) in [7, 11) is 0. The van der Waals surface area contributed by atoms with Crippen molar-refractivity contribution in [3.05, 3.63) is 45.4 Å². The number of aryl methyl sites for hydroxylation is 3. The predicted molar refractivity (Wildman–Crippen MR) is 77.4 cm³/mol. The molecule has 1 aliphatic carbocycles. The normalized spacial score (nSPS) is 15.4. The summed E-state index contributed by atoms with van der Waals surface area (Å²) in [6.45, 7) is 4.22. The topological polar surface area (TPSA) is 24.9 Å². The van der Waals surface area contributed by atoms with E-state index in [-0.39, 0.29) is 6.04 Å². The zero-order valence-electron chi connectivity index (χ0n) is 10.9. The van der Waals surface area contributed by atoms with Crippen LogP contribution in [0.2, 0.25) is 0 Å². The van der Waals surface area contributed by atoms with E-state index in [2.05, 4.69) is 47.7 Å². The Hall–Kier alpha value is -1.35. The quantitative estimate of drug-likeness (QED) is 0.896. The molecule has 0 saturated heterocycles. The van der Waals surface area contributed by atoms with Crippen molar-refractivity contribution in [3.63, 3.8) is 0 Å². The highest BCUT2D eigenvalue weighted by Crippen LogP contribution is 2.27. The number of nitrogens with zero attached hydrogens (tertiary/aromatic N) is 1. The molecule has 2 nitrogen and oxygen atoms in total. The first-order valence-electron chi connectivity index (χ1n) is 6.53. The number of hydrogen-bond acceptors (Lipinski definition) is 3. The van der Waals surface area contributed by atoms with Crippen LogP contribution in [-0.4, -0.2) is 4.98 Å². The van der Waals surface area contributed by atoms with Gasteiger partial charge in [0.2, 0.25) is 0 Å². The summed E-state index contributed by atoms with van der Waals surface area (Å²) in [6, 6.07) is 7.04. The number of benzene rings is 1. The third kappa shape index (κ3) is 2.27. The average molecular weight is 258 g/mol. The van der Waals surface area contributed by atoms with E-state index in [1.807, 2.05) is 0 Å². The molecular formula is C15H18N2S. The lowest BCUT2D eigenvalue weighted by Crippen LogP contribution is -2.07. The second-order valence-electron chi connectivity index (χ2n) is 4.99. The number of rotatable bonds is 3. The molecule has 0 amide bonds. The van der Waals surface area contributed by atoms with Crippen LogP contribution >= 0.6 is 11.3 Å². The third-order valence-corrected chi connectivity index (χ3v) is 4.35. The Labute approximate surface area is 112 Å². The number of nitrogens with one attached hydrogen (secondary N) is 1. The first-order valence-corrected chi connectivity index (χ1v) is 7.41. The first-order chi connectivity index (χ1) is 8.72. The van der Waals surface area contributed by atoms with Crippen LogP contribution in [0.25, 0.3) is 0 Å². The highest BCUT2D eigenvalue weighted by Gasteiger charge is 2.13. The van der Waals surface area contributed by atoms with E-state index >= 15 is 0 Å². The van der Waals surface area contributed by atoms with Gasteiger partial charge in [-0.1, -0.05) is 6.07 Å². The second-order valence-corrected chi connectivity index (χ2v) is 6.06. The molecular weight excluding hydrogens is 240 g/mol. The zero-order chi connectivity index (χ0) is 12.5. The smallest absolute Gasteiger partial charge is 0.0898 e. The first kappa shape index (κ1) is 11.7. The highest BCUT2D eigenvalue weighted by molar-refractivity contribution is 7.09. The summed E-state index contributed by atoms with van der Waals surface area (Å²) in [5, 5.41) is 6.82. The largest absolute Gasteiger partial charge is 0.377 e. The molecule has 18 heavy (non-hydrogen) atoms. The molecule has 0 aliphatic heterocycles. The van der Waals surface area contributed by atoms with E-state index in [0.29, 0.717) is 0 Å². The zero-order valence-corrected chi connectivity index (χ0v) is 11.7. The molecule has 1 aliphatic rings. The molecule has 3 heteroatoms. The van der Waals surface area contributed by atoms with E-state index in [9.17, 15) is 0 Å². The van der Waals surface area contributed by atoms with E-state index in [4.69, 9.17) is 0 Å². The van der Waals surface area contributed by atoms with Crippen LogP contribution in [0.5, 0.6) is 0 Å². The summed E-state index contributed by atoms with van der Waals surface area (Å²) in [5.74, 6) is 0. The molecule has 0 bridgehead atoms.